The molecule has 10 rings (SSSR count). The van der Waals surface area contributed by atoms with Crippen LogP contribution in [0.15, 0.2) is 84.9 Å². The first-order valence-corrected chi connectivity index (χ1v) is 20.3. The smallest absolute Gasteiger partial charge is 0.134 e. The molecular weight excluding hydrogens is 910 g/mol. The number of ether oxygens (including phenoxy) is 8. The van der Waals surface area contributed by atoms with Gasteiger partial charge in [0.15, 0.2) is 0 Å². The molecule has 0 fully saturated rings. The second-order valence-corrected chi connectivity index (χ2v) is 15.4. The Labute approximate surface area is 344 Å². The Kier molecular flexibility index (Phi) is 13.4. The van der Waals surface area contributed by atoms with E-state index in [2.05, 4.69) is 118 Å². The van der Waals surface area contributed by atoms with E-state index in [-0.39, 0.29) is 0 Å². The summed E-state index contributed by atoms with van der Waals surface area (Å²) in [5.74, 6) is 5.05. The number of rotatable bonds is 2. The number of methoxy groups -OCH3 is 2. The van der Waals surface area contributed by atoms with E-state index in [4.69, 9.17) is 37.9 Å². The fraction of sp³-hybridized carbons (Fsp3) is 0.318. The van der Waals surface area contributed by atoms with E-state index in [1.54, 1.807) is 14.2 Å². The highest BCUT2D eigenvalue weighted by Gasteiger charge is 2.21. The maximum Gasteiger partial charge on any atom is 0.134 e. The van der Waals surface area contributed by atoms with Gasteiger partial charge < -0.3 is 37.9 Å². The molecule has 12 bridgehead atoms. The van der Waals surface area contributed by atoms with Crippen molar-refractivity contribution in [1.29, 1.82) is 0 Å². The average Bonchev–Trinajstić information content (AvgIpc) is 3.17. The van der Waals surface area contributed by atoms with Gasteiger partial charge in [0.2, 0.25) is 0 Å². The van der Waals surface area contributed by atoms with Crippen molar-refractivity contribution in [3.8, 4) is 34.5 Å². The van der Waals surface area contributed by atoms with Crippen LogP contribution in [0, 0.1) is 7.14 Å². The summed E-state index contributed by atoms with van der Waals surface area (Å²) < 4.78 is 51.7. The number of hydrogen-bond acceptors (Lipinski definition) is 8. The number of para-hydroxylation sites is 4. The van der Waals surface area contributed by atoms with Crippen LogP contribution >= 0.6 is 45.2 Å². The Bertz CT molecular complexity index is 1830. The molecule has 5 aliphatic rings. The van der Waals surface area contributed by atoms with Gasteiger partial charge in [-0.2, -0.15) is 0 Å². The lowest BCUT2D eigenvalue weighted by atomic mass is 9.91. The third-order valence-corrected chi connectivity index (χ3v) is 11.2. The van der Waals surface area contributed by atoms with E-state index in [0.29, 0.717) is 78.5 Å². The molecule has 54 heavy (non-hydrogen) atoms. The molecule has 5 aromatic rings. The first-order chi connectivity index (χ1) is 26.5. The Hall–Kier alpha value is -3.72. The molecule has 8 nitrogen and oxygen atoms in total. The zero-order valence-corrected chi connectivity index (χ0v) is 34.9. The van der Waals surface area contributed by atoms with Crippen LogP contribution < -0.4 is 28.4 Å². The van der Waals surface area contributed by atoms with E-state index in [9.17, 15) is 0 Å². The fourth-order valence-electron chi connectivity index (χ4n) is 7.14. The van der Waals surface area contributed by atoms with Crippen molar-refractivity contribution in [1.82, 2.24) is 0 Å². The quantitative estimate of drug-likeness (QED) is 0.160. The van der Waals surface area contributed by atoms with E-state index in [1.807, 2.05) is 12.1 Å². The van der Waals surface area contributed by atoms with Crippen molar-refractivity contribution in [2.24, 2.45) is 0 Å². The van der Waals surface area contributed by atoms with Crippen LogP contribution in [-0.4, -0.2) is 67.1 Å². The van der Waals surface area contributed by atoms with Crippen LogP contribution in [0.5, 0.6) is 34.5 Å². The molecule has 5 aromatic carbocycles. The summed E-state index contributed by atoms with van der Waals surface area (Å²) in [6, 6.07) is 29.6. The summed E-state index contributed by atoms with van der Waals surface area (Å²) in [6.07, 6.45) is 2.53. The predicted molar refractivity (Wildman–Crippen MR) is 226 cm³/mol. The molecule has 0 saturated carbocycles. The van der Waals surface area contributed by atoms with Crippen LogP contribution in [0.25, 0.3) is 0 Å². The van der Waals surface area contributed by atoms with E-state index < -0.39 is 0 Å². The van der Waals surface area contributed by atoms with Gasteiger partial charge in [-0.3, -0.25) is 0 Å². The molecule has 4 heterocycles. The van der Waals surface area contributed by atoms with Crippen LogP contribution in [0.2, 0.25) is 0 Å². The normalized spacial score (nSPS) is 15.3. The summed E-state index contributed by atoms with van der Waals surface area (Å²) in [6.45, 7) is 3.31. The molecule has 10 heteroatoms. The summed E-state index contributed by atoms with van der Waals surface area (Å²) >= 11 is 4.56. The van der Waals surface area contributed by atoms with Crippen LogP contribution in [0.3, 0.4) is 0 Å². The Morgan fingerprint density at radius 1 is 0.407 bits per heavy atom. The predicted octanol–water partition coefficient (Wildman–Crippen LogP) is 8.85. The highest BCUT2D eigenvalue weighted by atomic mass is 127. The van der Waals surface area contributed by atoms with E-state index in [1.165, 1.54) is 0 Å². The SMILES string of the molecule is COc1c2cccc1Cc1cccc3c1OCCOCCOc1cc(I)c(cc1I)OCCOCCOc1c(cccc1Cc1cccc(c1OC)C3)C2. The van der Waals surface area contributed by atoms with Gasteiger partial charge in [0.25, 0.3) is 0 Å². The van der Waals surface area contributed by atoms with Crippen molar-refractivity contribution in [3.05, 3.63) is 137 Å². The van der Waals surface area contributed by atoms with Crippen molar-refractivity contribution in [2.45, 2.75) is 25.7 Å². The molecule has 1 aliphatic carbocycles. The van der Waals surface area contributed by atoms with E-state index in [0.717, 1.165) is 86.1 Å². The van der Waals surface area contributed by atoms with Crippen molar-refractivity contribution in [3.63, 3.8) is 0 Å². The minimum Gasteiger partial charge on any atom is -0.496 e. The van der Waals surface area contributed by atoms with Gasteiger partial charge in [0.05, 0.1) is 47.8 Å². The van der Waals surface area contributed by atoms with Crippen LogP contribution in [0.1, 0.15) is 44.5 Å². The maximum atomic E-state index is 6.64. The third kappa shape index (κ3) is 9.21. The third-order valence-electron chi connectivity index (χ3n) is 9.55. The second-order valence-electron chi connectivity index (χ2n) is 13.1. The van der Waals surface area contributed by atoms with Crippen molar-refractivity contribution >= 4 is 45.2 Å². The molecule has 0 unspecified atom stereocenters. The Morgan fingerprint density at radius 3 is 1.02 bits per heavy atom. The molecule has 0 atom stereocenters. The zero-order valence-electron chi connectivity index (χ0n) is 30.6. The van der Waals surface area contributed by atoms with Crippen LogP contribution in [-0.2, 0) is 35.2 Å². The topological polar surface area (TPSA) is 73.8 Å². The first-order valence-electron chi connectivity index (χ1n) is 18.2. The van der Waals surface area contributed by atoms with Gasteiger partial charge >= 0.3 is 0 Å². The van der Waals surface area contributed by atoms with Gasteiger partial charge in [0.1, 0.15) is 60.9 Å². The summed E-state index contributed by atoms with van der Waals surface area (Å²) in [4.78, 5) is 0. The number of hydrogen-bond donors (Lipinski definition) is 0. The molecule has 0 radical (unpaired) electrons. The Balaban J connectivity index is 1.29. The molecule has 0 saturated heterocycles. The lowest BCUT2D eigenvalue weighted by Crippen LogP contribution is -2.14. The molecule has 0 spiro atoms. The highest BCUT2D eigenvalue weighted by Crippen LogP contribution is 2.39. The van der Waals surface area contributed by atoms with Gasteiger partial charge in [-0.05, 0) is 102 Å². The van der Waals surface area contributed by atoms with Gasteiger partial charge in [0, 0.05) is 25.7 Å². The lowest BCUT2D eigenvalue weighted by Gasteiger charge is -2.22. The largest absolute Gasteiger partial charge is 0.496 e. The van der Waals surface area contributed by atoms with Gasteiger partial charge in [-0.25, -0.2) is 0 Å². The maximum absolute atomic E-state index is 6.64. The Morgan fingerprint density at radius 2 is 0.704 bits per heavy atom. The first kappa shape index (κ1) is 38.6. The molecule has 0 amide bonds. The molecule has 0 N–H and O–H groups in total. The zero-order chi connectivity index (χ0) is 37.3. The molecule has 0 aromatic heterocycles. The molecule has 4 aliphatic heterocycles. The summed E-state index contributed by atoms with van der Waals surface area (Å²) in [5, 5.41) is 0. The minimum atomic E-state index is 0.390. The van der Waals surface area contributed by atoms with Gasteiger partial charge in [-0.1, -0.05) is 72.8 Å². The number of halogens is 2. The fourth-order valence-corrected chi connectivity index (χ4v) is 8.33. The van der Waals surface area contributed by atoms with E-state index >= 15 is 0 Å². The monoisotopic (exact) mass is 954 g/mol. The second kappa shape index (κ2) is 18.7. The van der Waals surface area contributed by atoms with Crippen LogP contribution in [0.4, 0.5) is 0 Å². The van der Waals surface area contributed by atoms with Gasteiger partial charge in [-0.15, -0.1) is 0 Å². The summed E-state index contributed by atoms with van der Waals surface area (Å²) in [7, 11) is 3.50. The molecular formula is C44H44I2O8. The average molecular weight is 955 g/mol. The number of benzene rings is 5. The molecule has 282 valence electrons. The van der Waals surface area contributed by atoms with Crippen molar-refractivity contribution in [2.75, 3.05) is 67.1 Å². The summed E-state index contributed by atoms with van der Waals surface area (Å²) in [5.41, 5.74) is 8.65. The lowest BCUT2D eigenvalue weighted by molar-refractivity contribution is 0.0748. The highest BCUT2D eigenvalue weighted by molar-refractivity contribution is 14.1. The standard InChI is InChI=1S/C44H44I2O8/c1-47-41-29-7-3-8-30(41)24-34-12-6-14-36-26-32-10-4-9-31(42(32)48-2)25-35-13-5-11-33(23-29)43(35)53-21-17-49-15-19-51-39-27-38(46)40(28-37(39)45)52-20-16-50-18-22-54-44(34)36/h3-14,27-28H,15-26H2,1-2H3. The van der Waals surface area contributed by atoms with Crippen molar-refractivity contribution < 1.29 is 37.9 Å². The minimum absolute atomic E-state index is 0.390.